The molecule has 0 aliphatic heterocycles. The molecule has 17 heavy (non-hydrogen) atoms. The second-order valence-corrected chi connectivity index (χ2v) is 4.08. The number of hydrogen-bond donors (Lipinski definition) is 1. The Balaban J connectivity index is 2.58. The molecule has 1 N–H and O–H groups in total. The highest BCUT2D eigenvalue weighted by Crippen LogP contribution is 2.20. The van der Waals surface area contributed by atoms with Crippen molar-refractivity contribution in [2.24, 2.45) is 0 Å². The first-order valence-corrected chi connectivity index (χ1v) is 6.30. The molecule has 0 spiro atoms. The smallest absolute Gasteiger partial charge is 0.123 e. The van der Waals surface area contributed by atoms with Crippen molar-refractivity contribution >= 4 is 0 Å². The highest BCUT2D eigenvalue weighted by atomic mass is 16.5. The van der Waals surface area contributed by atoms with Gasteiger partial charge >= 0.3 is 0 Å². The molecule has 0 aromatic heterocycles. The van der Waals surface area contributed by atoms with Crippen molar-refractivity contribution in [3.8, 4) is 11.5 Å². The molecule has 96 valence electrons. The first-order chi connectivity index (χ1) is 8.17. The van der Waals surface area contributed by atoms with E-state index >= 15 is 0 Å². The van der Waals surface area contributed by atoms with E-state index in [0.29, 0.717) is 12.6 Å². The van der Waals surface area contributed by atoms with Crippen molar-refractivity contribution in [1.82, 2.24) is 5.32 Å². The van der Waals surface area contributed by atoms with Crippen LogP contribution in [-0.4, -0.2) is 25.3 Å². The summed E-state index contributed by atoms with van der Waals surface area (Å²) in [6, 6.07) is 8.10. The van der Waals surface area contributed by atoms with E-state index in [4.69, 9.17) is 9.47 Å². The molecule has 0 saturated heterocycles. The van der Waals surface area contributed by atoms with Gasteiger partial charge in [0.1, 0.15) is 17.6 Å². The van der Waals surface area contributed by atoms with Gasteiger partial charge in [0.25, 0.3) is 0 Å². The molecule has 0 amide bonds. The molecular formula is C14H23NO2. The molecule has 0 heterocycles. The van der Waals surface area contributed by atoms with Gasteiger partial charge in [0, 0.05) is 12.1 Å². The first kappa shape index (κ1) is 13.8. The standard InChI is InChI=1S/C14H23NO2/c1-5-15-11(3)12(4)17-14-9-7-8-13(10-14)16-6-2/h7-12,15H,5-6H2,1-4H3. The van der Waals surface area contributed by atoms with Crippen molar-refractivity contribution < 1.29 is 9.47 Å². The van der Waals surface area contributed by atoms with E-state index < -0.39 is 0 Å². The van der Waals surface area contributed by atoms with Crippen LogP contribution >= 0.6 is 0 Å². The van der Waals surface area contributed by atoms with Crippen LogP contribution < -0.4 is 14.8 Å². The highest BCUT2D eigenvalue weighted by Gasteiger charge is 2.12. The van der Waals surface area contributed by atoms with Gasteiger partial charge in [0.2, 0.25) is 0 Å². The minimum absolute atomic E-state index is 0.131. The molecule has 0 saturated carbocycles. The van der Waals surface area contributed by atoms with Crippen molar-refractivity contribution in [3.63, 3.8) is 0 Å². The lowest BCUT2D eigenvalue weighted by Crippen LogP contribution is -2.38. The van der Waals surface area contributed by atoms with E-state index in [2.05, 4.69) is 26.1 Å². The Morgan fingerprint density at radius 1 is 1.18 bits per heavy atom. The zero-order valence-corrected chi connectivity index (χ0v) is 11.2. The zero-order valence-electron chi connectivity index (χ0n) is 11.2. The Morgan fingerprint density at radius 3 is 2.53 bits per heavy atom. The van der Waals surface area contributed by atoms with Crippen molar-refractivity contribution in [1.29, 1.82) is 0 Å². The maximum atomic E-state index is 5.87. The Hall–Kier alpha value is -1.22. The average Bonchev–Trinajstić information content (AvgIpc) is 2.30. The van der Waals surface area contributed by atoms with Crippen molar-refractivity contribution in [2.45, 2.75) is 39.8 Å². The molecule has 3 heteroatoms. The van der Waals surface area contributed by atoms with E-state index in [1.807, 2.05) is 31.2 Å². The Labute approximate surface area is 104 Å². The largest absolute Gasteiger partial charge is 0.494 e. The van der Waals surface area contributed by atoms with Gasteiger partial charge in [-0.25, -0.2) is 0 Å². The molecule has 0 aliphatic carbocycles. The molecule has 0 fully saturated rings. The fourth-order valence-corrected chi connectivity index (χ4v) is 1.61. The van der Waals surface area contributed by atoms with E-state index in [-0.39, 0.29) is 6.10 Å². The second-order valence-electron chi connectivity index (χ2n) is 4.08. The number of ether oxygens (including phenoxy) is 2. The van der Waals surface area contributed by atoms with Crippen LogP contribution in [0.3, 0.4) is 0 Å². The molecule has 1 rings (SSSR count). The highest BCUT2D eigenvalue weighted by molar-refractivity contribution is 5.33. The minimum atomic E-state index is 0.131. The third kappa shape index (κ3) is 4.65. The predicted octanol–water partition coefficient (Wildman–Crippen LogP) is 2.85. The van der Waals surface area contributed by atoms with Gasteiger partial charge in [0.05, 0.1) is 6.61 Å². The van der Waals surface area contributed by atoms with Gasteiger partial charge in [-0.3, -0.25) is 0 Å². The SMILES string of the molecule is CCNC(C)C(C)Oc1cccc(OCC)c1. The van der Waals surface area contributed by atoms with Crippen LogP contribution in [0, 0.1) is 0 Å². The lowest BCUT2D eigenvalue weighted by atomic mass is 10.2. The maximum absolute atomic E-state index is 5.87. The fourth-order valence-electron chi connectivity index (χ4n) is 1.61. The minimum Gasteiger partial charge on any atom is -0.494 e. The van der Waals surface area contributed by atoms with Gasteiger partial charge in [-0.1, -0.05) is 13.0 Å². The summed E-state index contributed by atoms with van der Waals surface area (Å²) in [4.78, 5) is 0. The molecule has 3 nitrogen and oxygen atoms in total. The average molecular weight is 237 g/mol. The fraction of sp³-hybridized carbons (Fsp3) is 0.571. The number of nitrogens with one attached hydrogen (secondary N) is 1. The summed E-state index contributed by atoms with van der Waals surface area (Å²) in [7, 11) is 0. The first-order valence-electron chi connectivity index (χ1n) is 6.30. The van der Waals surface area contributed by atoms with Crippen LogP contribution in [0.15, 0.2) is 24.3 Å². The summed E-state index contributed by atoms with van der Waals surface area (Å²) in [6.07, 6.45) is 0.131. The van der Waals surface area contributed by atoms with E-state index in [0.717, 1.165) is 18.0 Å². The van der Waals surface area contributed by atoms with E-state index in [1.165, 1.54) is 0 Å². The Kier molecular flexibility index (Phi) is 5.84. The molecule has 2 unspecified atom stereocenters. The summed E-state index contributed by atoms with van der Waals surface area (Å²) in [5, 5.41) is 3.35. The van der Waals surface area contributed by atoms with Crippen LogP contribution in [0.4, 0.5) is 0 Å². The lowest BCUT2D eigenvalue weighted by molar-refractivity contribution is 0.178. The normalized spacial score (nSPS) is 14.1. The summed E-state index contributed by atoms with van der Waals surface area (Å²) in [5.74, 6) is 1.71. The quantitative estimate of drug-likeness (QED) is 0.791. The Bertz CT molecular complexity index is 328. The van der Waals surface area contributed by atoms with Gasteiger partial charge in [-0.05, 0) is 39.4 Å². The number of benzene rings is 1. The van der Waals surface area contributed by atoms with Gasteiger partial charge in [0.15, 0.2) is 0 Å². The van der Waals surface area contributed by atoms with Crippen LogP contribution in [0.2, 0.25) is 0 Å². The second kappa shape index (κ2) is 7.17. The maximum Gasteiger partial charge on any atom is 0.123 e. The summed E-state index contributed by atoms with van der Waals surface area (Å²) in [6.45, 7) is 9.89. The topological polar surface area (TPSA) is 30.5 Å². The van der Waals surface area contributed by atoms with Crippen LogP contribution in [-0.2, 0) is 0 Å². The number of hydrogen-bond acceptors (Lipinski definition) is 3. The molecule has 0 aliphatic rings. The Morgan fingerprint density at radius 2 is 1.88 bits per heavy atom. The summed E-state index contributed by atoms with van der Waals surface area (Å²) >= 11 is 0. The molecule has 0 bridgehead atoms. The third-order valence-electron chi connectivity index (χ3n) is 2.67. The van der Waals surface area contributed by atoms with Crippen LogP contribution in [0.1, 0.15) is 27.7 Å². The molecular weight excluding hydrogens is 214 g/mol. The number of rotatable bonds is 7. The molecule has 2 atom stereocenters. The van der Waals surface area contributed by atoms with E-state index in [1.54, 1.807) is 0 Å². The van der Waals surface area contributed by atoms with E-state index in [9.17, 15) is 0 Å². The summed E-state index contributed by atoms with van der Waals surface area (Å²) < 4.78 is 11.3. The van der Waals surface area contributed by atoms with Crippen molar-refractivity contribution in [2.75, 3.05) is 13.2 Å². The van der Waals surface area contributed by atoms with Crippen LogP contribution in [0.25, 0.3) is 0 Å². The third-order valence-corrected chi connectivity index (χ3v) is 2.67. The molecule has 0 radical (unpaired) electrons. The molecule has 1 aromatic rings. The van der Waals surface area contributed by atoms with Crippen LogP contribution in [0.5, 0.6) is 11.5 Å². The monoisotopic (exact) mass is 237 g/mol. The predicted molar refractivity (Wildman–Crippen MR) is 70.8 cm³/mol. The summed E-state index contributed by atoms with van der Waals surface area (Å²) in [5.41, 5.74) is 0. The molecule has 1 aromatic carbocycles. The van der Waals surface area contributed by atoms with Crippen molar-refractivity contribution in [3.05, 3.63) is 24.3 Å². The van der Waals surface area contributed by atoms with Gasteiger partial charge in [-0.2, -0.15) is 0 Å². The number of likely N-dealkylation sites (N-methyl/N-ethyl adjacent to an activating group) is 1. The van der Waals surface area contributed by atoms with Gasteiger partial charge < -0.3 is 14.8 Å². The lowest BCUT2D eigenvalue weighted by Gasteiger charge is -2.22. The zero-order chi connectivity index (χ0) is 12.7. The van der Waals surface area contributed by atoms with Gasteiger partial charge in [-0.15, -0.1) is 0 Å².